The Hall–Kier alpha value is -1.63. The molecule has 2 heterocycles. The summed E-state index contributed by atoms with van der Waals surface area (Å²) in [7, 11) is 0. The van der Waals surface area contributed by atoms with E-state index >= 15 is 0 Å². The van der Waals surface area contributed by atoms with Crippen LogP contribution in [0.2, 0.25) is 0 Å². The van der Waals surface area contributed by atoms with Crippen molar-refractivity contribution in [3.05, 3.63) is 0 Å². The van der Waals surface area contributed by atoms with E-state index < -0.39 is 0 Å². The molecule has 22 heavy (non-hydrogen) atoms. The highest BCUT2D eigenvalue weighted by Crippen LogP contribution is 2.28. The Bertz CT molecular complexity index is 458. The lowest BCUT2D eigenvalue weighted by Gasteiger charge is -2.34. The highest BCUT2D eigenvalue weighted by Gasteiger charge is 2.36. The van der Waals surface area contributed by atoms with Crippen LogP contribution in [0.15, 0.2) is 0 Å². The third-order valence-corrected chi connectivity index (χ3v) is 4.61. The number of nitrogens with zero attached hydrogens (tertiary/aromatic N) is 2. The van der Waals surface area contributed by atoms with Gasteiger partial charge in [0.05, 0.1) is 12.6 Å². The van der Waals surface area contributed by atoms with Crippen molar-refractivity contribution in [2.45, 2.75) is 44.2 Å². The van der Waals surface area contributed by atoms with Gasteiger partial charge >= 0.3 is 0 Å². The van der Waals surface area contributed by atoms with Crippen molar-refractivity contribution in [2.75, 3.05) is 32.7 Å². The van der Waals surface area contributed by atoms with Gasteiger partial charge in [0.2, 0.25) is 17.7 Å². The van der Waals surface area contributed by atoms with E-state index in [2.05, 4.69) is 10.6 Å². The summed E-state index contributed by atoms with van der Waals surface area (Å²) in [5, 5.41) is 5.93. The molecule has 122 valence electrons. The molecular weight excluding hydrogens is 284 g/mol. The molecule has 3 aliphatic rings. The maximum absolute atomic E-state index is 12.1. The lowest BCUT2D eigenvalue weighted by atomic mass is 10.2. The van der Waals surface area contributed by atoms with Gasteiger partial charge in [0, 0.05) is 32.1 Å². The van der Waals surface area contributed by atoms with E-state index in [9.17, 15) is 14.4 Å². The zero-order valence-corrected chi connectivity index (χ0v) is 12.8. The summed E-state index contributed by atoms with van der Waals surface area (Å²) in [5.41, 5.74) is 0. The highest BCUT2D eigenvalue weighted by molar-refractivity contribution is 5.87. The Morgan fingerprint density at radius 1 is 1.23 bits per heavy atom. The molecule has 1 saturated carbocycles. The third kappa shape index (κ3) is 3.58. The van der Waals surface area contributed by atoms with E-state index in [1.807, 2.05) is 4.90 Å². The SMILES string of the molecule is O=C(NCCC(=O)N1CCN(C2CC2)C(=O)C1)C1CCCN1. The molecule has 2 N–H and O–H groups in total. The smallest absolute Gasteiger partial charge is 0.242 e. The van der Waals surface area contributed by atoms with Crippen LogP contribution in [0.5, 0.6) is 0 Å². The van der Waals surface area contributed by atoms with Gasteiger partial charge in [-0.1, -0.05) is 0 Å². The first-order chi connectivity index (χ1) is 10.6. The van der Waals surface area contributed by atoms with E-state index in [1.54, 1.807) is 4.90 Å². The zero-order chi connectivity index (χ0) is 15.5. The minimum atomic E-state index is -0.112. The number of hydrogen-bond acceptors (Lipinski definition) is 4. The van der Waals surface area contributed by atoms with Gasteiger partial charge in [0.1, 0.15) is 0 Å². The molecule has 0 radical (unpaired) electrons. The number of nitrogens with one attached hydrogen (secondary N) is 2. The maximum Gasteiger partial charge on any atom is 0.242 e. The number of carbonyl (C=O) groups is 3. The van der Waals surface area contributed by atoms with E-state index in [-0.39, 0.29) is 36.7 Å². The van der Waals surface area contributed by atoms with Crippen molar-refractivity contribution < 1.29 is 14.4 Å². The third-order valence-electron chi connectivity index (χ3n) is 4.61. The van der Waals surface area contributed by atoms with Gasteiger partial charge in [0.25, 0.3) is 0 Å². The largest absolute Gasteiger partial charge is 0.354 e. The van der Waals surface area contributed by atoms with Crippen LogP contribution in [-0.2, 0) is 14.4 Å². The molecule has 2 saturated heterocycles. The van der Waals surface area contributed by atoms with Crippen LogP contribution in [0.4, 0.5) is 0 Å². The van der Waals surface area contributed by atoms with Crippen molar-refractivity contribution in [3.63, 3.8) is 0 Å². The molecule has 0 aromatic carbocycles. The monoisotopic (exact) mass is 308 g/mol. The minimum Gasteiger partial charge on any atom is -0.354 e. The van der Waals surface area contributed by atoms with Gasteiger partial charge in [-0.15, -0.1) is 0 Å². The average molecular weight is 308 g/mol. The summed E-state index contributed by atoms with van der Waals surface area (Å²) < 4.78 is 0. The van der Waals surface area contributed by atoms with Gasteiger partial charge in [-0.2, -0.15) is 0 Å². The van der Waals surface area contributed by atoms with Crippen molar-refractivity contribution in [1.29, 1.82) is 0 Å². The summed E-state index contributed by atoms with van der Waals surface area (Å²) in [4.78, 5) is 39.5. The van der Waals surface area contributed by atoms with Gasteiger partial charge in [-0.25, -0.2) is 0 Å². The average Bonchev–Trinajstić information content (AvgIpc) is 3.20. The molecule has 3 rings (SSSR count). The standard InChI is InChI=1S/C15H24N4O3/c20-13(5-7-17-15(22)12-2-1-6-16-12)18-8-9-19(11-3-4-11)14(21)10-18/h11-12,16H,1-10H2,(H,17,22). The minimum absolute atomic E-state index is 0.0278. The van der Waals surface area contributed by atoms with E-state index in [0.29, 0.717) is 25.7 Å². The first-order valence-electron chi connectivity index (χ1n) is 8.23. The summed E-state index contributed by atoms with van der Waals surface area (Å²) in [6.45, 7) is 2.66. The molecule has 0 aromatic heterocycles. The van der Waals surface area contributed by atoms with Crippen LogP contribution < -0.4 is 10.6 Å². The van der Waals surface area contributed by atoms with Gasteiger partial charge in [-0.05, 0) is 32.2 Å². The number of rotatable bonds is 5. The fraction of sp³-hybridized carbons (Fsp3) is 0.800. The molecule has 1 unspecified atom stereocenters. The molecule has 1 atom stereocenters. The summed E-state index contributed by atoms with van der Waals surface area (Å²) in [6, 6.07) is 0.307. The molecule has 1 aliphatic carbocycles. The molecule has 7 heteroatoms. The Morgan fingerprint density at radius 3 is 2.68 bits per heavy atom. The second-order valence-electron chi connectivity index (χ2n) is 6.32. The number of hydrogen-bond donors (Lipinski definition) is 2. The summed E-state index contributed by atoms with van der Waals surface area (Å²) >= 11 is 0. The Balaban J connectivity index is 1.37. The van der Waals surface area contributed by atoms with Crippen molar-refractivity contribution in [3.8, 4) is 0 Å². The summed E-state index contributed by atoms with van der Waals surface area (Å²) in [6.07, 6.45) is 4.33. The van der Waals surface area contributed by atoms with Crippen LogP contribution in [-0.4, -0.2) is 72.3 Å². The Morgan fingerprint density at radius 2 is 2.05 bits per heavy atom. The molecule has 0 aromatic rings. The van der Waals surface area contributed by atoms with Crippen molar-refractivity contribution in [1.82, 2.24) is 20.4 Å². The highest BCUT2D eigenvalue weighted by atomic mass is 16.2. The van der Waals surface area contributed by atoms with Gasteiger partial charge in [0.15, 0.2) is 0 Å². The number of amides is 3. The first kappa shape index (κ1) is 15.3. The second-order valence-corrected chi connectivity index (χ2v) is 6.32. The second kappa shape index (κ2) is 6.64. The zero-order valence-electron chi connectivity index (χ0n) is 12.8. The van der Waals surface area contributed by atoms with E-state index in [1.165, 1.54) is 0 Å². The van der Waals surface area contributed by atoms with Crippen LogP contribution in [0, 0.1) is 0 Å². The molecule has 0 bridgehead atoms. The normalized spacial score (nSPS) is 25.5. The predicted octanol–water partition coefficient (Wildman–Crippen LogP) is -0.922. The van der Waals surface area contributed by atoms with Crippen molar-refractivity contribution in [2.24, 2.45) is 0 Å². The van der Waals surface area contributed by atoms with E-state index in [0.717, 1.165) is 32.2 Å². The molecule has 2 aliphatic heterocycles. The Kier molecular flexibility index (Phi) is 4.61. The lowest BCUT2D eigenvalue weighted by Crippen LogP contribution is -2.53. The molecule has 3 amide bonds. The summed E-state index contributed by atoms with van der Waals surface area (Å²) in [5.74, 6) is -0.0234. The van der Waals surface area contributed by atoms with E-state index in [4.69, 9.17) is 0 Å². The fourth-order valence-corrected chi connectivity index (χ4v) is 3.15. The first-order valence-corrected chi connectivity index (χ1v) is 8.23. The Labute approximate surface area is 130 Å². The van der Waals surface area contributed by atoms with Crippen LogP contribution >= 0.6 is 0 Å². The molecule has 0 spiro atoms. The van der Waals surface area contributed by atoms with Gasteiger partial charge < -0.3 is 20.4 Å². The quantitative estimate of drug-likeness (QED) is 0.688. The predicted molar refractivity (Wildman–Crippen MR) is 80.0 cm³/mol. The van der Waals surface area contributed by atoms with Crippen molar-refractivity contribution >= 4 is 17.7 Å². The number of carbonyl (C=O) groups excluding carboxylic acids is 3. The molecular formula is C15H24N4O3. The molecule has 3 fully saturated rings. The molecule has 7 nitrogen and oxygen atoms in total. The van der Waals surface area contributed by atoms with Gasteiger partial charge in [-0.3, -0.25) is 14.4 Å². The van der Waals surface area contributed by atoms with Crippen LogP contribution in [0.1, 0.15) is 32.1 Å². The lowest BCUT2D eigenvalue weighted by molar-refractivity contribution is -0.145. The fourth-order valence-electron chi connectivity index (χ4n) is 3.15. The van der Waals surface area contributed by atoms with Crippen LogP contribution in [0.25, 0.3) is 0 Å². The topological polar surface area (TPSA) is 81.8 Å². The maximum atomic E-state index is 12.1. The number of piperazine rings is 1. The van der Waals surface area contributed by atoms with Crippen LogP contribution in [0.3, 0.4) is 0 Å².